The van der Waals surface area contributed by atoms with Gasteiger partial charge in [-0.2, -0.15) is 0 Å². The molecule has 3 heteroatoms. The van der Waals surface area contributed by atoms with E-state index in [0.29, 0.717) is 6.42 Å². The van der Waals surface area contributed by atoms with E-state index in [2.05, 4.69) is 0 Å². The molecule has 0 aromatic rings. The predicted molar refractivity (Wildman–Crippen MR) is 49.7 cm³/mol. The minimum absolute atomic E-state index is 0.0637. The summed E-state index contributed by atoms with van der Waals surface area (Å²) in [5, 5.41) is -0.603. The Bertz CT molecular complexity index is 306. The van der Waals surface area contributed by atoms with Gasteiger partial charge in [-0.25, -0.2) is 0 Å². The van der Waals surface area contributed by atoms with Gasteiger partial charge in [-0.1, -0.05) is 20.8 Å². The number of rotatable bonds is 0. The number of hydrogen-bond donors (Lipinski definition) is 0. The zero-order chi connectivity index (χ0) is 10.0. The molecule has 2 fully saturated rings. The van der Waals surface area contributed by atoms with E-state index in [9.17, 15) is 9.59 Å². The van der Waals surface area contributed by atoms with Crippen LogP contribution in [0.2, 0.25) is 0 Å². The number of carbonyl (C=O) groups excluding carboxylic acids is 2. The molecule has 0 amide bonds. The van der Waals surface area contributed by atoms with Gasteiger partial charge in [-0.15, -0.1) is 11.6 Å². The lowest BCUT2D eigenvalue weighted by atomic mass is 9.70. The molecule has 0 aliphatic heterocycles. The highest BCUT2D eigenvalue weighted by molar-refractivity contribution is 6.36. The molecule has 2 rings (SSSR count). The first-order chi connectivity index (χ1) is 5.83. The molecule has 2 nitrogen and oxygen atoms in total. The van der Waals surface area contributed by atoms with Gasteiger partial charge in [0, 0.05) is 12.3 Å². The van der Waals surface area contributed by atoms with Crippen LogP contribution in [0.5, 0.6) is 0 Å². The predicted octanol–water partition coefficient (Wildman–Crippen LogP) is 1.80. The molecule has 3 atom stereocenters. The van der Waals surface area contributed by atoms with E-state index < -0.39 is 10.8 Å². The summed E-state index contributed by atoms with van der Waals surface area (Å²) in [6.07, 6.45) is 0.394. The Morgan fingerprint density at radius 2 is 1.85 bits per heavy atom. The summed E-state index contributed by atoms with van der Waals surface area (Å²) in [5.41, 5.74) is -0.885. The molecule has 0 N–H and O–H groups in total. The van der Waals surface area contributed by atoms with Crippen molar-refractivity contribution in [3.05, 3.63) is 0 Å². The zero-order valence-electron chi connectivity index (χ0n) is 8.06. The third-order valence-electron chi connectivity index (χ3n) is 4.28. The lowest BCUT2D eigenvalue weighted by molar-refractivity contribution is -0.133. The van der Waals surface area contributed by atoms with Crippen LogP contribution in [0.15, 0.2) is 0 Å². The summed E-state index contributed by atoms with van der Waals surface area (Å²) in [6, 6.07) is 0. The van der Waals surface area contributed by atoms with Gasteiger partial charge in [-0.3, -0.25) is 9.59 Å². The van der Waals surface area contributed by atoms with Crippen molar-refractivity contribution in [3.63, 3.8) is 0 Å². The molecule has 72 valence electrons. The highest BCUT2D eigenvalue weighted by Crippen LogP contribution is 2.63. The molecule has 2 bridgehead atoms. The van der Waals surface area contributed by atoms with Crippen LogP contribution in [-0.4, -0.2) is 16.9 Å². The summed E-state index contributed by atoms with van der Waals surface area (Å²) >= 11 is 6.01. The monoisotopic (exact) mass is 200 g/mol. The number of fused-ring (bicyclic) bond motifs is 2. The number of Topliss-reactive ketones (excluding diaryl/α,β-unsaturated/α-hetero) is 2. The topological polar surface area (TPSA) is 34.1 Å². The maximum absolute atomic E-state index is 11.7. The number of halogens is 1. The van der Waals surface area contributed by atoms with Gasteiger partial charge in [0.2, 0.25) is 0 Å². The average molecular weight is 201 g/mol. The van der Waals surface area contributed by atoms with Crippen molar-refractivity contribution < 1.29 is 9.59 Å². The first-order valence-corrected chi connectivity index (χ1v) is 4.98. The van der Waals surface area contributed by atoms with Gasteiger partial charge in [-0.05, 0) is 5.41 Å². The second-order valence-corrected chi connectivity index (χ2v) is 5.31. The molecule has 0 aromatic carbocycles. The average Bonchev–Trinajstić information content (AvgIpc) is 2.28. The Morgan fingerprint density at radius 3 is 2.15 bits per heavy atom. The lowest BCUT2D eigenvalue weighted by Crippen LogP contribution is -2.41. The Balaban J connectivity index is 2.60. The minimum atomic E-state index is -0.629. The first-order valence-electron chi connectivity index (χ1n) is 4.54. The molecule has 0 spiro atoms. The fourth-order valence-electron chi connectivity index (χ4n) is 2.76. The van der Waals surface area contributed by atoms with Crippen molar-refractivity contribution in [2.75, 3.05) is 0 Å². The molecule has 0 saturated heterocycles. The van der Waals surface area contributed by atoms with E-state index in [-0.39, 0.29) is 22.9 Å². The second kappa shape index (κ2) is 2.17. The zero-order valence-corrected chi connectivity index (χ0v) is 8.81. The number of ketones is 2. The summed E-state index contributed by atoms with van der Waals surface area (Å²) in [7, 11) is 0. The third-order valence-corrected chi connectivity index (χ3v) is 4.93. The molecule has 2 aliphatic carbocycles. The quantitative estimate of drug-likeness (QED) is 0.559. The van der Waals surface area contributed by atoms with Crippen LogP contribution in [-0.2, 0) is 9.59 Å². The van der Waals surface area contributed by atoms with Gasteiger partial charge in [0.25, 0.3) is 0 Å². The van der Waals surface area contributed by atoms with Crippen molar-refractivity contribution in [2.45, 2.75) is 32.6 Å². The molecule has 3 unspecified atom stereocenters. The Labute approximate surface area is 82.6 Å². The molecule has 2 aliphatic rings. The maximum atomic E-state index is 11.7. The van der Waals surface area contributed by atoms with E-state index in [0.717, 1.165) is 0 Å². The minimum Gasteiger partial charge on any atom is -0.299 e. The lowest BCUT2D eigenvalue weighted by Gasteiger charge is -2.33. The van der Waals surface area contributed by atoms with Crippen molar-refractivity contribution in [1.82, 2.24) is 0 Å². The number of hydrogen-bond acceptors (Lipinski definition) is 2. The third kappa shape index (κ3) is 0.723. The van der Waals surface area contributed by atoms with Crippen molar-refractivity contribution >= 4 is 23.2 Å². The SMILES string of the molecule is CC1(C)C2CC(=O)C1(C)C(Cl)C2=O. The van der Waals surface area contributed by atoms with Crippen LogP contribution >= 0.6 is 11.6 Å². The fraction of sp³-hybridized carbons (Fsp3) is 0.800. The Hall–Kier alpha value is -0.370. The van der Waals surface area contributed by atoms with Crippen molar-refractivity contribution in [3.8, 4) is 0 Å². The smallest absolute Gasteiger partial charge is 0.155 e. The van der Waals surface area contributed by atoms with E-state index >= 15 is 0 Å². The largest absolute Gasteiger partial charge is 0.299 e. The fourth-order valence-corrected chi connectivity index (χ4v) is 3.31. The molecule has 0 aromatic heterocycles. The standard InChI is InChI=1S/C10H13ClO2/c1-9(2)5-4-6(12)10(9,3)8(11)7(5)13/h5,8H,4H2,1-3H3. The Morgan fingerprint density at radius 1 is 1.31 bits per heavy atom. The molecule has 0 radical (unpaired) electrons. The van der Waals surface area contributed by atoms with Crippen LogP contribution in [0.25, 0.3) is 0 Å². The van der Waals surface area contributed by atoms with Crippen LogP contribution in [0.3, 0.4) is 0 Å². The molecule has 2 saturated carbocycles. The van der Waals surface area contributed by atoms with E-state index in [1.54, 1.807) is 0 Å². The molecule has 0 heterocycles. The highest BCUT2D eigenvalue weighted by Gasteiger charge is 2.70. The summed E-state index contributed by atoms with van der Waals surface area (Å²) < 4.78 is 0. The van der Waals surface area contributed by atoms with Gasteiger partial charge >= 0.3 is 0 Å². The van der Waals surface area contributed by atoms with Crippen LogP contribution in [0, 0.1) is 16.7 Å². The number of carbonyl (C=O) groups is 2. The highest BCUT2D eigenvalue weighted by atomic mass is 35.5. The normalized spacial score (nSPS) is 47.4. The van der Waals surface area contributed by atoms with Crippen LogP contribution in [0.4, 0.5) is 0 Å². The van der Waals surface area contributed by atoms with Gasteiger partial charge in [0.1, 0.15) is 11.2 Å². The van der Waals surface area contributed by atoms with E-state index in [1.165, 1.54) is 0 Å². The van der Waals surface area contributed by atoms with Gasteiger partial charge in [0.15, 0.2) is 5.78 Å². The summed E-state index contributed by atoms with van der Waals surface area (Å²) in [4.78, 5) is 23.3. The Kier molecular flexibility index (Phi) is 1.53. The van der Waals surface area contributed by atoms with Gasteiger partial charge in [0.05, 0.1) is 5.41 Å². The maximum Gasteiger partial charge on any atom is 0.155 e. The number of alkyl halides is 1. The molecular formula is C10H13ClO2. The summed E-state index contributed by atoms with van der Waals surface area (Å²) in [6.45, 7) is 5.78. The molecule has 13 heavy (non-hydrogen) atoms. The van der Waals surface area contributed by atoms with E-state index in [1.807, 2.05) is 20.8 Å². The second-order valence-electron chi connectivity index (χ2n) is 4.87. The first kappa shape index (κ1) is 9.20. The van der Waals surface area contributed by atoms with Crippen LogP contribution < -0.4 is 0 Å². The van der Waals surface area contributed by atoms with Crippen LogP contribution in [0.1, 0.15) is 27.2 Å². The van der Waals surface area contributed by atoms with Gasteiger partial charge < -0.3 is 0 Å². The molecular weight excluding hydrogens is 188 g/mol. The van der Waals surface area contributed by atoms with Crippen molar-refractivity contribution in [1.29, 1.82) is 0 Å². The van der Waals surface area contributed by atoms with E-state index in [4.69, 9.17) is 11.6 Å². The van der Waals surface area contributed by atoms with Crippen molar-refractivity contribution in [2.24, 2.45) is 16.7 Å². The summed E-state index contributed by atoms with van der Waals surface area (Å²) in [5.74, 6) is 0.0726.